The lowest BCUT2D eigenvalue weighted by Gasteiger charge is -2.42. The van der Waals surface area contributed by atoms with E-state index in [0.29, 0.717) is 12.5 Å². The quantitative estimate of drug-likeness (QED) is 0.105. The van der Waals surface area contributed by atoms with Crippen LogP contribution >= 0.6 is 0 Å². The minimum absolute atomic E-state index is 0.140. The van der Waals surface area contributed by atoms with Gasteiger partial charge >= 0.3 is 17.9 Å². The lowest BCUT2D eigenvalue weighted by molar-refractivity contribution is -0.187. The molecule has 4 atom stereocenters. The highest BCUT2D eigenvalue weighted by Gasteiger charge is 2.63. The summed E-state index contributed by atoms with van der Waals surface area (Å²) in [7, 11) is 0.853. The van der Waals surface area contributed by atoms with Gasteiger partial charge in [0, 0.05) is 6.08 Å². The second kappa shape index (κ2) is 14.2. The van der Waals surface area contributed by atoms with Gasteiger partial charge in [0.15, 0.2) is 14.1 Å². The highest BCUT2D eigenvalue weighted by atomic mass is 28.4. The summed E-state index contributed by atoms with van der Waals surface area (Å²) in [5, 5.41) is 11.9. The predicted octanol–water partition coefficient (Wildman–Crippen LogP) is 4.43. The minimum Gasteiger partial charge on any atom is -0.467 e. The van der Waals surface area contributed by atoms with E-state index >= 15 is 0 Å². The van der Waals surface area contributed by atoms with Gasteiger partial charge in [-0.15, -0.1) is 0 Å². The molecule has 0 bridgehead atoms. The maximum absolute atomic E-state index is 13.3. The fraction of sp³-hybridized carbons (Fsp3) is 0.821. The summed E-state index contributed by atoms with van der Waals surface area (Å²) in [6.07, 6.45) is 3.33. The molecule has 39 heavy (non-hydrogen) atoms. The number of hydrogen-bond acceptors (Lipinski definition) is 10. The molecule has 1 heterocycles. The van der Waals surface area contributed by atoms with Gasteiger partial charge in [0.1, 0.15) is 12.2 Å². The molecule has 1 saturated heterocycles. The first-order chi connectivity index (χ1) is 17.9. The van der Waals surface area contributed by atoms with Gasteiger partial charge in [-0.3, -0.25) is 0 Å². The first-order valence-electron chi connectivity index (χ1n) is 13.6. The molecule has 0 aliphatic carbocycles. The zero-order valence-corrected chi connectivity index (χ0v) is 26.7. The molecule has 0 unspecified atom stereocenters. The summed E-state index contributed by atoms with van der Waals surface area (Å²) >= 11 is 0. The number of aliphatic hydroxyl groups is 1. The van der Waals surface area contributed by atoms with E-state index < -0.39 is 61.5 Å². The van der Waals surface area contributed by atoms with Gasteiger partial charge in [-0.2, -0.15) is 0 Å². The number of hydrogen-bond donors (Lipinski definition) is 1. The van der Waals surface area contributed by atoms with Crippen molar-refractivity contribution in [2.45, 2.75) is 128 Å². The molecule has 226 valence electrons. The summed E-state index contributed by atoms with van der Waals surface area (Å²) < 4.78 is 33.7. The van der Waals surface area contributed by atoms with Crippen LogP contribution in [-0.2, 0) is 42.5 Å². The molecule has 0 amide bonds. The topological polar surface area (TPSA) is 127 Å². The Hall–Kier alpha value is -1.79. The molecule has 0 aromatic carbocycles. The number of carbonyl (C=O) groups excluding carboxylic acids is 3. The number of methoxy groups -OCH3 is 3. The van der Waals surface area contributed by atoms with E-state index in [9.17, 15) is 19.5 Å². The average molecular weight is 575 g/mol. The zero-order valence-electron chi connectivity index (χ0n) is 25.7. The molecule has 1 N–H and O–H groups in total. The van der Waals surface area contributed by atoms with Crippen LogP contribution in [-0.4, -0.2) is 82.4 Å². The fourth-order valence-electron chi connectivity index (χ4n) is 4.32. The van der Waals surface area contributed by atoms with Crippen LogP contribution in [0.15, 0.2) is 11.6 Å². The molecule has 1 rings (SSSR count). The Morgan fingerprint density at radius 2 is 1.56 bits per heavy atom. The Balaban J connectivity index is 3.74. The average Bonchev–Trinajstić information content (AvgIpc) is 3.19. The van der Waals surface area contributed by atoms with Gasteiger partial charge in [0.05, 0.1) is 33.0 Å². The van der Waals surface area contributed by atoms with E-state index in [1.807, 2.05) is 0 Å². The van der Waals surface area contributed by atoms with Gasteiger partial charge in [0.2, 0.25) is 5.60 Å². The largest absolute Gasteiger partial charge is 0.467 e. The molecular weight excluding hydrogens is 524 g/mol. The minimum atomic E-state index is -2.77. The van der Waals surface area contributed by atoms with E-state index in [-0.39, 0.29) is 5.04 Å². The smallest absolute Gasteiger partial charge is 0.345 e. The van der Waals surface area contributed by atoms with Crippen LogP contribution in [0, 0.1) is 0 Å². The Bertz CT molecular complexity index is 876. The summed E-state index contributed by atoms with van der Waals surface area (Å²) in [6, 6.07) is 0. The zero-order chi connectivity index (χ0) is 30.2. The third-order valence-electron chi connectivity index (χ3n) is 7.53. The molecule has 0 radical (unpaired) electrons. The molecule has 1 aliphatic rings. The van der Waals surface area contributed by atoms with Crippen molar-refractivity contribution in [1.29, 1.82) is 0 Å². The van der Waals surface area contributed by atoms with Gasteiger partial charge in [0.25, 0.3) is 0 Å². The Labute approximate surface area is 234 Å². The van der Waals surface area contributed by atoms with Gasteiger partial charge in [-0.05, 0) is 38.4 Å². The number of carbonyl (C=O) groups is 3. The highest BCUT2D eigenvalue weighted by Crippen LogP contribution is 2.44. The summed E-state index contributed by atoms with van der Waals surface area (Å²) in [4.78, 5) is 38.4. The lowest BCUT2D eigenvalue weighted by Crippen LogP contribution is -2.60. The van der Waals surface area contributed by atoms with E-state index in [1.54, 1.807) is 13.8 Å². The van der Waals surface area contributed by atoms with Gasteiger partial charge in [-0.1, -0.05) is 59.8 Å². The number of rotatable bonds is 14. The summed E-state index contributed by atoms with van der Waals surface area (Å²) in [6.45, 7) is 16.0. The SMILES string of the molecule is CCCCCCC[C@H](O[Si](C)(C)C(C)(C)C)[C@@H]1OC(C)(C)O[C@H]1[C@](O)(C(=O)OC)C(=CC(=O)OC)C(=O)OC. The second-order valence-electron chi connectivity index (χ2n) is 12.0. The second-order valence-corrected chi connectivity index (χ2v) is 16.7. The van der Waals surface area contributed by atoms with Crippen LogP contribution in [0.2, 0.25) is 18.1 Å². The van der Waals surface area contributed by atoms with Crippen molar-refractivity contribution in [2.75, 3.05) is 21.3 Å². The molecule has 0 aromatic rings. The number of ether oxygens (including phenoxy) is 5. The van der Waals surface area contributed by atoms with Crippen molar-refractivity contribution in [3.05, 3.63) is 11.6 Å². The monoisotopic (exact) mass is 574 g/mol. The standard InChI is InChI=1S/C28H50O10Si/c1-12-13-14-15-16-17-20(38-39(10,11)26(2,3)4)22-23(37-27(5,6)36-22)28(32,25(31)35-9)19(24(30)34-8)18-21(29)33-7/h18,20,22-23,32H,12-17H2,1-11H3/t20-,22-,23+,28-/m0/s1. The van der Waals surface area contributed by atoms with Crippen molar-refractivity contribution in [2.24, 2.45) is 0 Å². The Morgan fingerprint density at radius 3 is 2.05 bits per heavy atom. The van der Waals surface area contributed by atoms with Crippen LogP contribution in [0.4, 0.5) is 0 Å². The van der Waals surface area contributed by atoms with Crippen LogP contribution in [0.5, 0.6) is 0 Å². The summed E-state index contributed by atoms with van der Waals surface area (Å²) in [5.41, 5.74) is -3.46. The van der Waals surface area contributed by atoms with Crippen LogP contribution in [0.3, 0.4) is 0 Å². The predicted molar refractivity (Wildman–Crippen MR) is 148 cm³/mol. The maximum atomic E-state index is 13.3. The molecule has 1 fully saturated rings. The first-order valence-corrected chi connectivity index (χ1v) is 16.5. The molecular formula is C28H50O10Si. The van der Waals surface area contributed by atoms with Crippen LogP contribution in [0.1, 0.15) is 80.1 Å². The van der Waals surface area contributed by atoms with E-state index in [1.165, 1.54) is 0 Å². The molecule has 0 saturated carbocycles. The maximum Gasteiger partial charge on any atom is 0.345 e. The Morgan fingerprint density at radius 1 is 0.974 bits per heavy atom. The van der Waals surface area contributed by atoms with Crippen LogP contribution < -0.4 is 0 Å². The Kier molecular flexibility index (Phi) is 12.8. The van der Waals surface area contributed by atoms with E-state index in [2.05, 4.69) is 45.5 Å². The number of esters is 3. The molecule has 10 nitrogen and oxygen atoms in total. The molecule has 0 spiro atoms. The van der Waals surface area contributed by atoms with Gasteiger partial charge in [-0.25, -0.2) is 14.4 Å². The fourth-order valence-corrected chi connectivity index (χ4v) is 5.69. The highest BCUT2D eigenvalue weighted by molar-refractivity contribution is 6.74. The third kappa shape index (κ3) is 8.85. The van der Waals surface area contributed by atoms with Crippen molar-refractivity contribution >= 4 is 26.2 Å². The van der Waals surface area contributed by atoms with Gasteiger partial charge < -0.3 is 33.2 Å². The van der Waals surface area contributed by atoms with Crippen molar-refractivity contribution in [3.63, 3.8) is 0 Å². The first kappa shape index (κ1) is 35.2. The van der Waals surface area contributed by atoms with Crippen LogP contribution in [0.25, 0.3) is 0 Å². The molecule has 0 aromatic heterocycles. The number of unbranched alkanes of at least 4 members (excludes halogenated alkanes) is 4. The van der Waals surface area contributed by atoms with Crippen molar-refractivity contribution < 1.29 is 47.6 Å². The normalized spacial score (nSPS) is 22.1. The van der Waals surface area contributed by atoms with E-state index in [0.717, 1.165) is 53.4 Å². The summed E-state index contributed by atoms with van der Waals surface area (Å²) in [5.74, 6) is -4.58. The lowest BCUT2D eigenvalue weighted by atomic mass is 9.82. The van der Waals surface area contributed by atoms with Crippen molar-refractivity contribution in [1.82, 2.24) is 0 Å². The van der Waals surface area contributed by atoms with Crippen molar-refractivity contribution in [3.8, 4) is 0 Å². The van der Waals surface area contributed by atoms with E-state index in [4.69, 9.17) is 23.4 Å². The molecule has 11 heteroatoms. The molecule has 1 aliphatic heterocycles. The third-order valence-corrected chi connectivity index (χ3v) is 12.0.